The second kappa shape index (κ2) is 15.6. The molecule has 2 aromatic rings. The monoisotopic (exact) mass is 342 g/mol. The molecule has 0 aromatic heterocycles. The molecule has 0 N–H and O–H groups in total. The van der Waals surface area contributed by atoms with Gasteiger partial charge in [0.1, 0.15) is 0 Å². The Bertz CT molecular complexity index is 780. The highest BCUT2D eigenvalue weighted by molar-refractivity contribution is 5.48. The molecule has 0 heteroatoms. The molecule has 0 fully saturated rings. The molecule has 0 saturated carbocycles. The van der Waals surface area contributed by atoms with E-state index in [1.807, 2.05) is 114 Å². The van der Waals surface area contributed by atoms with Gasteiger partial charge in [-0.25, -0.2) is 0 Å². The maximum Gasteiger partial charge on any atom is 0.0249 e. The van der Waals surface area contributed by atoms with Crippen molar-refractivity contribution in [2.24, 2.45) is 0 Å². The molecule has 2 aromatic carbocycles. The molecule has 0 saturated heterocycles. The van der Waals surface area contributed by atoms with Crippen LogP contribution in [-0.4, -0.2) is 0 Å². The van der Waals surface area contributed by atoms with Crippen molar-refractivity contribution in [3.8, 4) is 23.7 Å². The molecule has 0 bridgehead atoms. The summed E-state index contributed by atoms with van der Waals surface area (Å²) in [5.74, 6) is 12.6. The van der Waals surface area contributed by atoms with E-state index in [2.05, 4.69) is 23.7 Å². The average Bonchev–Trinajstić information content (AvgIpc) is 2.74. The molecule has 0 amide bonds. The van der Waals surface area contributed by atoms with E-state index in [0.717, 1.165) is 22.3 Å². The number of allylic oxidation sites excluding steroid dienone is 4. The summed E-state index contributed by atoms with van der Waals surface area (Å²) in [5.41, 5.74) is 4.04. The summed E-state index contributed by atoms with van der Waals surface area (Å²) in [6, 6.07) is 18.0. The van der Waals surface area contributed by atoms with Gasteiger partial charge in [0.2, 0.25) is 0 Å². The van der Waals surface area contributed by atoms with Gasteiger partial charge < -0.3 is 0 Å². The molecular weight excluding hydrogens is 312 g/mol. The van der Waals surface area contributed by atoms with Crippen LogP contribution in [-0.2, 0) is 0 Å². The van der Waals surface area contributed by atoms with Crippen molar-refractivity contribution in [2.75, 3.05) is 0 Å². The standard InChI is InChI=1S/C22H18.2C2H6/c1-3-8-19(4-2)11-12-21-15-17-22(18-16-21)14-13-20-9-6-5-7-10-20;2*1-2/h3-10,15-18H,1-2H3;2*1-2H3/b8-3-,19-4+;;. The van der Waals surface area contributed by atoms with Crippen molar-refractivity contribution in [2.45, 2.75) is 41.5 Å². The first-order valence-electron chi connectivity index (χ1n) is 9.30. The van der Waals surface area contributed by atoms with Crippen molar-refractivity contribution < 1.29 is 0 Å². The molecule has 0 nitrogen and oxygen atoms in total. The zero-order valence-electron chi connectivity index (χ0n) is 16.9. The van der Waals surface area contributed by atoms with Crippen LogP contribution in [0.4, 0.5) is 0 Å². The van der Waals surface area contributed by atoms with Crippen LogP contribution in [0.15, 0.2) is 78.4 Å². The first-order valence-corrected chi connectivity index (χ1v) is 9.30. The molecule has 0 atom stereocenters. The Balaban J connectivity index is 0.00000146. The lowest BCUT2D eigenvalue weighted by atomic mass is 10.1. The molecule has 0 unspecified atom stereocenters. The number of hydrogen-bond donors (Lipinski definition) is 0. The smallest absolute Gasteiger partial charge is 0.0249 e. The summed E-state index contributed by atoms with van der Waals surface area (Å²) < 4.78 is 0. The second-order valence-corrected chi connectivity index (χ2v) is 4.69. The highest BCUT2D eigenvalue weighted by atomic mass is 13.9. The third-order valence-electron chi connectivity index (χ3n) is 3.02. The van der Waals surface area contributed by atoms with E-state index in [1.54, 1.807) is 0 Å². The predicted octanol–water partition coefficient (Wildman–Crippen LogP) is 7.01. The fourth-order valence-corrected chi connectivity index (χ4v) is 1.84. The van der Waals surface area contributed by atoms with Crippen molar-refractivity contribution in [1.82, 2.24) is 0 Å². The van der Waals surface area contributed by atoms with Gasteiger partial charge in [-0.1, -0.05) is 87.8 Å². The molecule has 0 radical (unpaired) electrons. The van der Waals surface area contributed by atoms with Gasteiger partial charge in [-0.3, -0.25) is 0 Å². The Kier molecular flexibility index (Phi) is 13.8. The zero-order chi connectivity index (χ0) is 19.6. The third kappa shape index (κ3) is 9.36. The molecule has 0 aliphatic rings. The van der Waals surface area contributed by atoms with Gasteiger partial charge in [0.25, 0.3) is 0 Å². The summed E-state index contributed by atoms with van der Waals surface area (Å²) >= 11 is 0. The lowest BCUT2D eigenvalue weighted by Gasteiger charge is -1.93. The minimum absolute atomic E-state index is 0.995. The highest BCUT2D eigenvalue weighted by Crippen LogP contribution is 2.04. The fourth-order valence-electron chi connectivity index (χ4n) is 1.84. The van der Waals surface area contributed by atoms with Crippen LogP contribution in [0.1, 0.15) is 58.2 Å². The number of hydrogen-bond acceptors (Lipinski definition) is 0. The molecule has 2 rings (SSSR count). The largest absolute Gasteiger partial charge is 0.0864 e. The molecule has 26 heavy (non-hydrogen) atoms. The van der Waals surface area contributed by atoms with Crippen LogP contribution in [0, 0.1) is 23.7 Å². The molecule has 0 aliphatic carbocycles. The lowest BCUT2D eigenvalue weighted by Crippen LogP contribution is -1.79. The molecule has 0 aliphatic heterocycles. The summed E-state index contributed by atoms with van der Waals surface area (Å²) in [4.78, 5) is 0. The van der Waals surface area contributed by atoms with Crippen molar-refractivity contribution in [3.05, 3.63) is 95.1 Å². The maximum atomic E-state index is 3.16. The number of rotatable bonds is 1. The van der Waals surface area contributed by atoms with Gasteiger partial charge in [0.15, 0.2) is 0 Å². The summed E-state index contributed by atoms with van der Waals surface area (Å²) in [7, 11) is 0. The van der Waals surface area contributed by atoms with Gasteiger partial charge in [0.05, 0.1) is 0 Å². The van der Waals surface area contributed by atoms with Crippen LogP contribution >= 0.6 is 0 Å². The predicted molar refractivity (Wildman–Crippen MR) is 117 cm³/mol. The fraction of sp³-hybridized carbons (Fsp3) is 0.231. The first kappa shape index (κ1) is 23.0. The lowest BCUT2D eigenvalue weighted by molar-refractivity contribution is 1.50. The van der Waals surface area contributed by atoms with Gasteiger partial charge in [-0.2, -0.15) is 0 Å². The Morgan fingerprint density at radius 1 is 0.654 bits per heavy atom. The van der Waals surface area contributed by atoms with E-state index in [9.17, 15) is 0 Å². The van der Waals surface area contributed by atoms with E-state index in [-0.39, 0.29) is 0 Å². The maximum absolute atomic E-state index is 3.16. The van der Waals surface area contributed by atoms with Gasteiger partial charge in [-0.15, -0.1) is 0 Å². The zero-order valence-corrected chi connectivity index (χ0v) is 16.9. The van der Waals surface area contributed by atoms with E-state index in [4.69, 9.17) is 0 Å². The minimum atomic E-state index is 0.995. The summed E-state index contributed by atoms with van der Waals surface area (Å²) in [5, 5.41) is 0. The first-order chi connectivity index (χ1) is 12.8. The Morgan fingerprint density at radius 2 is 1.12 bits per heavy atom. The molecule has 134 valence electrons. The van der Waals surface area contributed by atoms with Crippen LogP contribution in [0.2, 0.25) is 0 Å². The van der Waals surface area contributed by atoms with Crippen molar-refractivity contribution >= 4 is 0 Å². The Labute approximate surface area is 160 Å². The third-order valence-corrected chi connectivity index (χ3v) is 3.02. The minimum Gasteiger partial charge on any atom is -0.0864 e. The second-order valence-electron chi connectivity index (χ2n) is 4.69. The van der Waals surface area contributed by atoms with E-state index < -0.39 is 0 Å². The molecular formula is C26H30. The van der Waals surface area contributed by atoms with Gasteiger partial charge in [-0.05, 0) is 50.2 Å². The van der Waals surface area contributed by atoms with Gasteiger partial charge >= 0.3 is 0 Å². The molecule has 0 spiro atoms. The normalized spacial score (nSPS) is 9.38. The number of benzene rings is 2. The topological polar surface area (TPSA) is 0 Å². The quantitative estimate of drug-likeness (QED) is 0.386. The highest BCUT2D eigenvalue weighted by Gasteiger charge is 1.89. The van der Waals surface area contributed by atoms with E-state index >= 15 is 0 Å². The van der Waals surface area contributed by atoms with Gasteiger partial charge in [0, 0.05) is 22.3 Å². The molecule has 0 heterocycles. The Hall–Kier alpha value is -2.96. The van der Waals surface area contributed by atoms with Crippen molar-refractivity contribution in [3.63, 3.8) is 0 Å². The SMILES string of the molecule is C/C=C\C(C#Cc1ccc(C#Cc2ccccc2)cc1)=C/C.CC.CC. The summed E-state index contributed by atoms with van der Waals surface area (Å²) in [6.07, 6.45) is 6.01. The van der Waals surface area contributed by atoms with Crippen LogP contribution in [0.5, 0.6) is 0 Å². The average molecular weight is 343 g/mol. The Morgan fingerprint density at radius 3 is 1.58 bits per heavy atom. The van der Waals surface area contributed by atoms with Crippen LogP contribution in [0.25, 0.3) is 0 Å². The van der Waals surface area contributed by atoms with Crippen molar-refractivity contribution in [1.29, 1.82) is 0 Å². The van der Waals surface area contributed by atoms with E-state index in [1.165, 1.54) is 0 Å². The van der Waals surface area contributed by atoms with Crippen LogP contribution in [0.3, 0.4) is 0 Å². The summed E-state index contributed by atoms with van der Waals surface area (Å²) in [6.45, 7) is 12.0. The van der Waals surface area contributed by atoms with Crippen LogP contribution < -0.4 is 0 Å². The van der Waals surface area contributed by atoms with E-state index in [0.29, 0.717) is 0 Å².